The highest BCUT2D eigenvalue weighted by Crippen LogP contribution is 2.41. The number of carboxylic acids is 1. The number of aromatic nitrogens is 2. The van der Waals surface area contributed by atoms with Crippen molar-refractivity contribution in [2.75, 3.05) is 11.9 Å². The van der Waals surface area contributed by atoms with Gasteiger partial charge < -0.3 is 10.4 Å². The zero-order valence-corrected chi connectivity index (χ0v) is 17.2. The Morgan fingerprint density at radius 2 is 2.00 bits per heavy atom. The van der Waals surface area contributed by atoms with Gasteiger partial charge in [-0.05, 0) is 48.1 Å². The van der Waals surface area contributed by atoms with Gasteiger partial charge in [-0.25, -0.2) is 9.78 Å². The molecule has 146 valence electrons. The summed E-state index contributed by atoms with van der Waals surface area (Å²) in [4.78, 5) is 16.1. The van der Waals surface area contributed by atoms with Gasteiger partial charge in [-0.3, -0.25) is 4.57 Å². The first-order chi connectivity index (χ1) is 13.5. The summed E-state index contributed by atoms with van der Waals surface area (Å²) >= 11 is 13.1. The molecule has 2 aromatic carbocycles. The standard InChI is InChI=1S/C21H21Cl2N3O2/c1-3-11(4-2)13-7-8-15(22)19-18(13)25-21-24-10-17(26(19)21)14-6-5-12(20(27)28)9-16(14)23/h5-9,11,17H,3-4,10H2,1-2H3,(H,24,25)(H,27,28). The Morgan fingerprint density at radius 1 is 1.25 bits per heavy atom. The molecule has 1 atom stereocenters. The lowest BCUT2D eigenvalue weighted by Gasteiger charge is -2.18. The molecule has 2 heterocycles. The molecule has 0 saturated heterocycles. The van der Waals surface area contributed by atoms with E-state index in [0.29, 0.717) is 22.5 Å². The third kappa shape index (κ3) is 2.93. The van der Waals surface area contributed by atoms with E-state index < -0.39 is 5.97 Å². The van der Waals surface area contributed by atoms with Crippen molar-refractivity contribution in [1.82, 2.24) is 9.55 Å². The van der Waals surface area contributed by atoms with Crippen LogP contribution in [0.4, 0.5) is 5.95 Å². The SMILES string of the molecule is CCC(CC)c1ccc(Cl)c2c1nc1n2C(c2ccc(C(=O)O)cc2Cl)CN1. The van der Waals surface area contributed by atoms with Crippen LogP contribution >= 0.6 is 23.2 Å². The lowest BCUT2D eigenvalue weighted by molar-refractivity contribution is 0.0697. The van der Waals surface area contributed by atoms with Crippen molar-refractivity contribution in [2.45, 2.75) is 38.6 Å². The molecule has 0 aliphatic carbocycles. The Labute approximate surface area is 173 Å². The summed E-state index contributed by atoms with van der Waals surface area (Å²) in [5, 5.41) is 13.6. The summed E-state index contributed by atoms with van der Waals surface area (Å²) in [6.07, 6.45) is 2.07. The maximum Gasteiger partial charge on any atom is 0.335 e. The number of benzene rings is 2. The van der Waals surface area contributed by atoms with E-state index >= 15 is 0 Å². The first kappa shape index (κ1) is 19.1. The maximum absolute atomic E-state index is 11.2. The van der Waals surface area contributed by atoms with Gasteiger partial charge in [0.15, 0.2) is 0 Å². The average molecular weight is 418 g/mol. The number of fused-ring (bicyclic) bond motifs is 3. The van der Waals surface area contributed by atoms with Crippen molar-refractivity contribution < 1.29 is 9.90 Å². The molecule has 1 aromatic heterocycles. The first-order valence-electron chi connectivity index (χ1n) is 9.43. The van der Waals surface area contributed by atoms with E-state index in [1.54, 1.807) is 12.1 Å². The Kier molecular flexibility index (Phi) is 4.98. The van der Waals surface area contributed by atoms with Crippen molar-refractivity contribution in [2.24, 2.45) is 0 Å². The first-order valence-corrected chi connectivity index (χ1v) is 10.2. The number of nitrogens with zero attached hydrogens (tertiary/aromatic N) is 2. The minimum atomic E-state index is -0.996. The quantitative estimate of drug-likeness (QED) is 0.537. The molecule has 2 N–H and O–H groups in total. The molecular formula is C21H21Cl2N3O2. The van der Waals surface area contributed by atoms with Gasteiger partial charge >= 0.3 is 5.97 Å². The van der Waals surface area contributed by atoms with Crippen LogP contribution in [0.15, 0.2) is 30.3 Å². The van der Waals surface area contributed by atoms with Crippen LogP contribution in [-0.2, 0) is 0 Å². The van der Waals surface area contributed by atoms with E-state index in [2.05, 4.69) is 29.8 Å². The maximum atomic E-state index is 11.2. The van der Waals surface area contributed by atoms with Crippen LogP contribution < -0.4 is 5.32 Å². The smallest absolute Gasteiger partial charge is 0.335 e. The number of hydrogen-bond acceptors (Lipinski definition) is 3. The third-order valence-corrected chi connectivity index (χ3v) is 6.25. The van der Waals surface area contributed by atoms with Crippen LogP contribution in [0.25, 0.3) is 11.0 Å². The molecule has 0 radical (unpaired) electrons. The van der Waals surface area contributed by atoms with Gasteiger partial charge in [-0.2, -0.15) is 0 Å². The fraction of sp³-hybridized carbons (Fsp3) is 0.333. The molecule has 5 nitrogen and oxygen atoms in total. The second kappa shape index (κ2) is 7.30. The number of anilines is 1. The summed E-state index contributed by atoms with van der Waals surface area (Å²) in [6, 6.07) is 8.76. The van der Waals surface area contributed by atoms with E-state index in [9.17, 15) is 9.90 Å². The molecule has 1 aliphatic rings. The number of aromatic carboxylic acids is 1. The lowest BCUT2D eigenvalue weighted by Crippen LogP contribution is -2.11. The Hall–Kier alpha value is -2.24. The average Bonchev–Trinajstić information content (AvgIpc) is 3.24. The van der Waals surface area contributed by atoms with Crippen LogP contribution in [0.1, 0.15) is 60.1 Å². The molecule has 0 fully saturated rings. The fourth-order valence-electron chi connectivity index (χ4n) is 4.13. The van der Waals surface area contributed by atoms with Gasteiger partial charge in [0.2, 0.25) is 5.95 Å². The molecule has 0 bridgehead atoms. The molecule has 0 spiro atoms. The zero-order valence-electron chi connectivity index (χ0n) is 15.7. The number of imidazole rings is 1. The molecule has 7 heteroatoms. The zero-order chi connectivity index (χ0) is 20.0. The van der Waals surface area contributed by atoms with Gasteiger partial charge in [0.25, 0.3) is 0 Å². The molecule has 28 heavy (non-hydrogen) atoms. The number of nitrogens with one attached hydrogen (secondary N) is 1. The monoisotopic (exact) mass is 417 g/mol. The molecular weight excluding hydrogens is 397 g/mol. The highest BCUT2D eigenvalue weighted by molar-refractivity contribution is 6.35. The van der Waals surface area contributed by atoms with Gasteiger partial charge in [0.1, 0.15) is 0 Å². The normalized spacial score (nSPS) is 15.8. The van der Waals surface area contributed by atoms with E-state index in [0.717, 1.165) is 35.4 Å². The molecule has 4 rings (SSSR count). The van der Waals surface area contributed by atoms with Crippen molar-refractivity contribution >= 4 is 46.2 Å². The number of halogens is 2. The second-order valence-electron chi connectivity index (χ2n) is 7.09. The van der Waals surface area contributed by atoms with Crippen molar-refractivity contribution in [3.05, 3.63) is 57.1 Å². The number of carboxylic acid groups (broad SMARTS) is 1. The van der Waals surface area contributed by atoms with Crippen LogP contribution in [-0.4, -0.2) is 27.2 Å². The minimum Gasteiger partial charge on any atom is -0.478 e. The highest BCUT2D eigenvalue weighted by Gasteiger charge is 2.31. The Morgan fingerprint density at radius 3 is 2.64 bits per heavy atom. The van der Waals surface area contributed by atoms with Crippen LogP contribution in [0, 0.1) is 0 Å². The number of rotatable bonds is 5. The van der Waals surface area contributed by atoms with Gasteiger partial charge in [0, 0.05) is 11.6 Å². The van der Waals surface area contributed by atoms with Crippen LogP contribution in [0.5, 0.6) is 0 Å². The van der Waals surface area contributed by atoms with Crippen molar-refractivity contribution in [3.8, 4) is 0 Å². The molecule has 0 amide bonds. The minimum absolute atomic E-state index is 0.107. The summed E-state index contributed by atoms with van der Waals surface area (Å²) in [6.45, 7) is 4.99. The second-order valence-corrected chi connectivity index (χ2v) is 7.91. The molecule has 1 aliphatic heterocycles. The largest absolute Gasteiger partial charge is 0.478 e. The Bertz CT molecular complexity index is 1070. The summed E-state index contributed by atoms with van der Waals surface area (Å²) in [5.74, 6) is 0.190. The fourth-order valence-corrected chi connectivity index (χ4v) is 4.68. The van der Waals surface area contributed by atoms with Gasteiger partial charge in [0.05, 0.1) is 27.7 Å². The van der Waals surface area contributed by atoms with E-state index in [4.69, 9.17) is 28.2 Å². The molecule has 3 aromatic rings. The molecule has 1 unspecified atom stereocenters. The highest BCUT2D eigenvalue weighted by atomic mass is 35.5. The Balaban J connectivity index is 1.88. The van der Waals surface area contributed by atoms with Crippen LogP contribution in [0.2, 0.25) is 10.0 Å². The molecule has 0 saturated carbocycles. The van der Waals surface area contributed by atoms with Crippen LogP contribution in [0.3, 0.4) is 0 Å². The predicted molar refractivity (Wildman–Crippen MR) is 113 cm³/mol. The van der Waals surface area contributed by atoms with Gasteiger partial charge in [-0.15, -0.1) is 0 Å². The summed E-state index contributed by atoms with van der Waals surface area (Å²) in [5.41, 5.74) is 4.05. The van der Waals surface area contributed by atoms with E-state index in [-0.39, 0.29) is 11.6 Å². The van der Waals surface area contributed by atoms with Gasteiger partial charge in [-0.1, -0.05) is 49.2 Å². The predicted octanol–water partition coefficient (Wildman–Crippen LogP) is 5.96. The lowest BCUT2D eigenvalue weighted by atomic mass is 9.93. The number of hydrogen-bond donors (Lipinski definition) is 2. The topological polar surface area (TPSA) is 67.2 Å². The number of carbonyl (C=O) groups is 1. The summed E-state index contributed by atoms with van der Waals surface area (Å²) in [7, 11) is 0. The van der Waals surface area contributed by atoms with Crippen molar-refractivity contribution in [3.63, 3.8) is 0 Å². The summed E-state index contributed by atoms with van der Waals surface area (Å²) < 4.78 is 2.09. The van der Waals surface area contributed by atoms with E-state index in [1.165, 1.54) is 11.6 Å². The van der Waals surface area contributed by atoms with E-state index in [1.807, 2.05) is 6.07 Å². The third-order valence-electron chi connectivity index (χ3n) is 5.62. The van der Waals surface area contributed by atoms with Crippen molar-refractivity contribution in [1.29, 1.82) is 0 Å².